The van der Waals surface area contributed by atoms with Crippen molar-refractivity contribution >= 4 is 17.2 Å². The number of nitrogens with two attached hydrogens (primary N) is 1. The van der Waals surface area contributed by atoms with Crippen molar-refractivity contribution < 1.29 is 9.47 Å². The van der Waals surface area contributed by atoms with E-state index in [1.54, 1.807) is 7.11 Å². The van der Waals surface area contributed by atoms with Crippen LogP contribution in [0.15, 0.2) is 24.3 Å². The molecule has 0 heterocycles. The van der Waals surface area contributed by atoms with Crippen LogP contribution in [-0.2, 0) is 11.2 Å². The normalized spacial score (nSPS) is 23.0. The Bertz CT molecular complexity index is 419. The molecule has 1 saturated carbocycles. The predicted molar refractivity (Wildman–Crippen MR) is 80.6 cm³/mol. The molecule has 104 valence electrons. The Kier molecular flexibility index (Phi) is 5.16. The van der Waals surface area contributed by atoms with E-state index in [4.69, 9.17) is 27.4 Å². The third-order valence-corrected chi connectivity index (χ3v) is 3.66. The summed E-state index contributed by atoms with van der Waals surface area (Å²) in [5.74, 6) is 0.911. The number of rotatable bonds is 5. The largest absolute Gasteiger partial charge is 0.490 e. The van der Waals surface area contributed by atoms with Crippen LogP contribution < -0.4 is 10.5 Å². The van der Waals surface area contributed by atoms with E-state index in [0.717, 1.165) is 30.6 Å². The van der Waals surface area contributed by atoms with Gasteiger partial charge in [-0.05, 0) is 37.0 Å². The number of benzene rings is 1. The average molecular weight is 279 g/mol. The van der Waals surface area contributed by atoms with Gasteiger partial charge in [0, 0.05) is 20.0 Å². The summed E-state index contributed by atoms with van der Waals surface area (Å²) in [6, 6.07) is 8.02. The van der Waals surface area contributed by atoms with Gasteiger partial charge in [-0.25, -0.2) is 0 Å². The Hall–Kier alpha value is -1.13. The molecule has 0 saturated heterocycles. The van der Waals surface area contributed by atoms with Crippen molar-refractivity contribution in [2.45, 2.75) is 44.3 Å². The van der Waals surface area contributed by atoms with Gasteiger partial charge in [-0.15, -0.1) is 0 Å². The third kappa shape index (κ3) is 4.48. The standard InChI is InChI=1S/C15H21NO2S/c1-17-13-3-2-4-14(10-13)18-12-7-5-11(6-8-12)9-15(16)19/h5-8,13-14H,2-4,9-10H2,1H3,(H2,16,19). The summed E-state index contributed by atoms with van der Waals surface area (Å²) >= 11 is 4.90. The van der Waals surface area contributed by atoms with Crippen molar-refractivity contribution in [1.82, 2.24) is 0 Å². The van der Waals surface area contributed by atoms with Crippen molar-refractivity contribution in [3.8, 4) is 5.75 Å². The molecule has 2 atom stereocenters. The minimum atomic E-state index is 0.264. The lowest BCUT2D eigenvalue weighted by molar-refractivity contribution is 0.0209. The molecule has 4 heteroatoms. The molecule has 0 spiro atoms. The van der Waals surface area contributed by atoms with Crippen molar-refractivity contribution in [2.75, 3.05) is 7.11 Å². The van der Waals surface area contributed by atoms with Gasteiger partial charge < -0.3 is 15.2 Å². The van der Waals surface area contributed by atoms with E-state index >= 15 is 0 Å². The van der Waals surface area contributed by atoms with Crippen molar-refractivity contribution in [1.29, 1.82) is 0 Å². The van der Waals surface area contributed by atoms with E-state index in [0.29, 0.717) is 17.5 Å². The molecule has 19 heavy (non-hydrogen) atoms. The van der Waals surface area contributed by atoms with Crippen LogP contribution in [0, 0.1) is 0 Å². The van der Waals surface area contributed by atoms with Gasteiger partial charge in [-0.2, -0.15) is 0 Å². The fourth-order valence-electron chi connectivity index (χ4n) is 2.50. The molecule has 0 aromatic heterocycles. The number of ether oxygens (including phenoxy) is 2. The second-order valence-electron chi connectivity index (χ2n) is 5.05. The molecule has 1 aromatic carbocycles. The van der Waals surface area contributed by atoms with Gasteiger partial charge in [0.1, 0.15) is 11.9 Å². The van der Waals surface area contributed by atoms with Crippen molar-refractivity contribution in [3.63, 3.8) is 0 Å². The minimum Gasteiger partial charge on any atom is -0.490 e. The molecule has 3 nitrogen and oxygen atoms in total. The van der Waals surface area contributed by atoms with E-state index in [1.807, 2.05) is 24.3 Å². The second kappa shape index (κ2) is 6.87. The molecule has 1 aromatic rings. The molecule has 2 N–H and O–H groups in total. The minimum absolute atomic E-state index is 0.264. The van der Waals surface area contributed by atoms with Crippen molar-refractivity contribution in [3.05, 3.63) is 29.8 Å². The Labute approximate surface area is 120 Å². The maximum Gasteiger partial charge on any atom is 0.119 e. The number of hydrogen-bond donors (Lipinski definition) is 1. The van der Waals surface area contributed by atoms with Crippen LogP contribution in [-0.4, -0.2) is 24.3 Å². The zero-order chi connectivity index (χ0) is 13.7. The lowest BCUT2D eigenvalue weighted by atomic mass is 9.95. The van der Waals surface area contributed by atoms with Crippen LogP contribution in [0.25, 0.3) is 0 Å². The topological polar surface area (TPSA) is 44.5 Å². The molecule has 1 fully saturated rings. The quantitative estimate of drug-likeness (QED) is 0.842. The molecule has 1 aliphatic rings. The Morgan fingerprint density at radius 2 is 1.95 bits per heavy atom. The highest BCUT2D eigenvalue weighted by Gasteiger charge is 2.22. The fraction of sp³-hybridized carbons (Fsp3) is 0.533. The van der Waals surface area contributed by atoms with Gasteiger partial charge in [0.25, 0.3) is 0 Å². The molecule has 0 radical (unpaired) electrons. The lowest BCUT2D eigenvalue weighted by Gasteiger charge is -2.28. The molecule has 2 rings (SSSR count). The summed E-state index contributed by atoms with van der Waals surface area (Å²) in [6.45, 7) is 0. The van der Waals surface area contributed by atoms with Crippen LogP contribution >= 0.6 is 12.2 Å². The van der Waals surface area contributed by atoms with Crippen LogP contribution in [0.5, 0.6) is 5.75 Å². The van der Waals surface area contributed by atoms with Crippen LogP contribution in [0.2, 0.25) is 0 Å². The first kappa shape index (κ1) is 14.3. The lowest BCUT2D eigenvalue weighted by Crippen LogP contribution is -2.29. The van der Waals surface area contributed by atoms with Gasteiger partial charge in [-0.1, -0.05) is 24.4 Å². The van der Waals surface area contributed by atoms with E-state index in [9.17, 15) is 0 Å². The number of thiocarbonyl (C=S) groups is 1. The first-order valence-electron chi connectivity index (χ1n) is 6.74. The summed E-state index contributed by atoms with van der Waals surface area (Å²) < 4.78 is 11.4. The summed E-state index contributed by atoms with van der Waals surface area (Å²) in [5, 5.41) is 0. The van der Waals surface area contributed by atoms with E-state index in [2.05, 4.69) is 0 Å². The molecule has 0 amide bonds. The highest BCUT2D eigenvalue weighted by molar-refractivity contribution is 7.80. The Morgan fingerprint density at radius 3 is 2.58 bits per heavy atom. The van der Waals surface area contributed by atoms with Gasteiger partial charge >= 0.3 is 0 Å². The van der Waals surface area contributed by atoms with Gasteiger partial charge in [-0.3, -0.25) is 0 Å². The number of hydrogen-bond acceptors (Lipinski definition) is 3. The predicted octanol–water partition coefficient (Wildman–Crippen LogP) is 2.85. The molecular formula is C15H21NO2S. The zero-order valence-corrected chi connectivity index (χ0v) is 12.1. The van der Waals surface area contributed by atoms with E-state index in [1.165, 1.54) is 6.42 Å². The SMILES string of the molecule is COC1CCCC(Oc2ccc(CC(N)=S)cc2)C1. The van der Waals surface area contributed by atoms with E-state index < -0.39 is 0 Å². The monoisotopic (exact) mass is 279 g/mol. The smallest absolute Gasteiger partial charge is 0.119 e. The van der Waals surface area contributed by atoms with Gasteiger partial charge in [0.2, 0.25) is 0 Å². The second-order valence-corrected chi connectivity index (χ2v) is 5.58. The van der Waals surface area contributed by atoms with Crippen LogP contribution in [0.4, 0.5) is 0 Å². The highest BCUT2D eigenvalue weighted by atomic mass is 32.1. The third-order valence-electron chi connectivity index (χ3n) is 3.52. The van der Waals surface area contributed by atoms with E-state index in [-0.39, 0.29) is 6.10 Å². The first-order valence-corrected chi connectivity index (χ1v) is 7.15. The first-order chi connectivity index (χ1) is 9.17. The molecule has 1 aliphatic carbocycles. The zero-order valence-electron chi connectivity index (χ0n) is 11.3. The van der Waals surface area contributed by atoms with Crippen LogP contribution in [0.1, 0.15) is 31.2 Å². The van der Waals surface area contributed by atoms with Gasteiger partial charge in [0.15, 0.2) is 0 Å². The summed E-state index contributed by atoms with van der Waals surface area (Å²) in [5.41, 5.74) is 6.65. The summed E-state index contributed by atoms with van der Waals surface area (Å²) in [7, 11) is 1.78. The van der Waals surface area contributed by atoms with Gasteiger partial charge in [0.05, 0.1) is 11.1 Å². The maximum atomic E-state index is 6.00. The average Bonchev–Trinajstić information content (AvgIpc) is 2.41. The summed E-state index contributed by atoms with van der Waals surface area (Å²) in [4.78, 5) is 0.517. The maximum absolute atomic E-state index is 6.00. The summed E-state index contributed by atoms with van der Waals surface area (Å²) in [6.07, 6.45) is 5.64. The molecule has 0 aliphatic heterocycles. The highest BCUT2D eigenvalue weighted by Crippen LogP contribution is 2.25. The molecule has 2 unspecified atom stereocenters. The molecular weight excluding hydrogens is 258 g/mol. The fourth-order valence-corrected chi connectivity index (χ4v) is 2.67. The Balaban J connectivity index is 1.90. The van der Waals surface area contributed by atoms with Crippen molar-refractivity contribution in [2.24, 2.45) is 5.73 Å². The number of methoxy groups -OCH3 is 1. The van der Waals surface area contributed by atoms with Crippen LogP contribution in [0.3, 0.4) is 0 Å². The Morgan fingerprint density at radius 1 is 1.26 bits per heavy atom. The molecule has 0 bridgehead atoms.